The van der Waals surface area contributed by atoms with Crippen molar-refractivity contribution in [3.63, 3.8) is 0 Å². The maximum Gasteiger partial charge on any atom is 0.258 e. The summed E-state index contributed by atoms with van der Waals surface area (Å²) in [4.78, 5) is 36.1. The number of hydrogen-bond acceptors (Lipinski definition) is 5. The Morgan fingerprint density at radius 3 is 2.63 bits per heavy atom. The normalized spacial score (nSPS) is 13.5. The average Bonchev–Trinajstić information content (AvgIpc) is 2.82. The number of amides is 2. The Bertz CT molecular complexity index is 1500. The molecule has 3 N–H and O–H groups in total. The van der Waals surface area contributed by atoms with E-state index in [1.807, 2.05) is 61.5 Å². The van der Waals surface area contributed by atoms with E-state index < -0.39 is 0 Å². The Morgan fingerprint density at radius 1 is 1.06 bits per heavy atom. The highest BCUT2D eigenvalue weighted by Gasteiger charge is 2.29. The number of nitrogens with zero attached hydrogens (tertiary/aromatic N) is 3. The minimum absolute atomic E-state index is 0.0304. The summed E-state index contributed by atoms with van der Waals surface area (Å²) in [5.41, 5.74) is 12.2. The van der Waals surface area contributed by atoms with Crippen LogP contribution in [0.4, 0.5) is 17.3 Å². The number of benzene rings is 3. The molecule has 35 heavy (non-hydrogen) atoms. The van der Waals surface area contributed by atoms with Gasteiger partial charge in [0.25, 0.3) is 5.91 Å². The van der Waals surface area contributed by atoms with Crippen LogP contribution < -0.4 is 16.0 Å². The van der Waals surface area contributed by atoms with E-state index in [1.54, 1.807) is 11.1 Å². The van der Waals surface area contributed by atoms with Gasteiger partial charge in [0.1, 0.15) is 6.54 Å². The number of fused-ring (bicyclic) bond motifs is 2. The van der Waals surface area contributed by atoms with Crippen molar-refractivity contribution in [1.29, 1.82) is 0 Å². The molecule has 0 unspecified atom stereocenters. The molecule has 7 heteroatoms. The maximum absolute atomic E-state index is 13.7. The fourth-order valence-corrected chi connectivity index (χ4v) is 4.36. The van der Waals surface area contributed by atoms with E-state index in [0.29, 0.717) is 16.9 Å². The number of nitrogen functional groups attached to an aromatic ring is 1. The van der Waals surface area contributed by atoms with Crippen molar-refractivity contribution in [3.8, 4) is 11.1 Å². The summed E-state index contributed by atoms with van der Waals surface area (Å²) in [6.07, 6.45) is 1.70. The summed E-state index contributed by atoms with van der Waals surface area (Å²) < 4.78 is 0. The highest BCUT2D eigenvalue weighted by Crippen LogP contribution is 2.36. The topological polar surface area (TPSA) is 101 Å². The molecule has 5 rings (SSSR count). The second kappa shape index (κ2) is 8.20. The van der Waals surface area contributed by atoms with Gasteiger partial charge in [0, 0.05) is 17.1 Å². The molecule has 0 saturated carbocycles. The summed E-state index contributed by atoms with van der Waals surface area (Å²) in [7, 11) is 0. The Kier molecular flexibility index (Phi) is 5.28. The first-order chi connectivity index (χ1) is 16.6. The quantitative estimate of drug-likeness (QED) is 0.430. The molecule has 0 atom stereocenters. The molecule has 2 heterocycles. The van der Waals surface area contributed by atoms with Crippen LogP contribution in [0, 0.1) is 6.92 Å². The van der Waals surface area contributed by atoms with Crippen LogP contribution in [0.5, 0.6) is 0 Å². The number of aromatic nitrogens is 2. The highest BCUT2D eigenvalue weighted by atomic mass is 16.2. The Balaban J connectivity index is 1.56. The number of nitrogens with two attached hydrogens (primary N) is 1. The molecular weight excluding hydrogens is 438 g/mol. The lowest BCUT2D eigenvalue weighted by atomic mass is 9.86. The highest BCUT2D eigenvalue weighted by molar-refractivity contribution is 6.15. The summed E-state index contributed by atoms with van der Waals surface area (Å²) >= 11 is 0. The van der Waals surface area contributed by atoms with Gasteiger partial charge in [0.05, 0.1) is 16.9 Å². The second-order valence-electron chi connectivity index (χ2n) is 9.95. The van der Waals surface area contributed by atoms with Crippen LogP contribution in [-0.4, -0.2) is 28.3 Å². The van der Waals surface area contributed by atoms with Crippen molar-refractivity contribution in [2.75, 3.05) is 22.5 Å². The zero-order chi connectivity index (χ0) is 24.9. The molecule has 0 spiro atoms. The molecule has 1 aliphatic heterocycles. The van der Waals surface area contributed by atoms with Crippen molar-refractivity contribution in [2.24, 2.45) is 0 Å². The largest absolute Gasteiger partial charge is 0.368 e. The van der Waals surface area contributed by atoms with Gasteiger partial charge < -0.3 is 11.1 Å². The summed E-state index contributed by atoms with van der Waals surface area (Å²) in [5, 5.41) is 3.75. The number of nitrogens with one attached hydrogen (secondary N) is 1. The van der Waals surface area contributed by atoms with E-state index in [1.165, 1.54) is 0 Å². The van der Waals surface area contributed by atoms with E-state index >= 15 is 0 Å². The van der Waals surface area contributed by atoms with Gasteiger partial charge in [0.2, 0.25) is 11.9 Å². The van der Waals surface area contributed by atoms with Crippen molar-refractivity contribution in [1.82, 2.24) is 9.97 Å². The predicted octanol–water partition coefficient (Wildman–Crippen LogP) is 5.08. The van der Waals surface area contributed by atoms with Gasteiger partial charge in [0.15, 0.2) is 0 Å². The molecule has 1 aromatic heterocycles. The van der Waals surface area contributed by atoms with Gasteiger partial charge in [-0.15, -0.1) is 0 Å². The van der Waals surface area contributed by atoms with Gasteiger partial charge in [-0.3, -0.25) is 14.5 Å². The van der Waals surface area contributed by atoms with Gasteiger partial charge in [-0.2, -0.15) is 0 Å². The summed E-state index contributed by atoms with van der Waals surface area (Å²) in [5.74, 6) is -0.199. The molecule has 4 aromatic rings. The molecule has 7 nitrogen and oxygen atoms in total. The lowest BCUT2D eigenvalue weighted by Crippen LogP contribution is -2.42. The molecule has 176 valence electrons. The van der Waals surface area contributed by atoms with E-state index in [0.717, 1.165) is 33.2 Å². The summed E-state index contributed by atoms with van der Waals surface area (Å²) in [6.45, 7) is 8.34. The minimum Gasteiger partial charge on any atom is -0.368 e. The summed E-state index contributed by atoms with van der Waals surface area (Å²) in [6, 6.07) is 17.3. The smallest absolute Gasteiger partial charge is 0.258 e. The predicted molar refractivity (Wildman–Crippen MR) is 140 cm³/mol. The molecule has 0 saturated heterocycles. The Hall–Kier alpha value is -4.26. The SMILES string of the molecule is Cc1ccc(C(=O)N2CC(=O)Nc3ccc(C(C)(C)C)cc32)cc1-c1ccc2nc(N)ncc2c1. The number of anilines is 3. The van der Waals surface area contributed by atoms with Crippen LogP contribution in [0.1, 0.15) is 42.3 Å². The first-order valence-corrected chi connectivity index (χ1v) is 11.5. The van der Waals surface area contributed by atoms with Crippen LogP contribution in [-0.2, 0) is 10.2 Å². The van der Waals surface area contributed by atoms with Crippen molar-refractivity contribution < 1.29 is 9.59 Å². The molecule has 1 aliphatic rings. The molecular formula is C28H27N5O2. The lowest BCUT2D eigenvalue weighted by Gasteiger charge is -2.31. The van der Waals surface area contributed by atoms with E-state index in [2.05, 4.69) is 36.1 Å². The van der Waals surface area contributed by atoms with Crippen molar-refractivity contribution in [3.05, 3.63) is 77.5 Å². The minimum atomic E-state index is -0.217. The number of aryl methyl sites for hydroxylation is 1. The standard InChI is InChI=1S/C28H27N5O2/c1-16-5-6-18(12-21(16)17-7-9-22-19(11-17)14-30-27(29)32-22)26(35)33-15-25(34)31-23-10-8-20(13-24(23)33)28(2,3)4/h5-14H,15H2,1-4H3,(H,31,34)(H2,29,30,32). The first-order valence-electron chi connectivity index (χ1n) is 11.5. The van der Waals surface area contributed by atoms with Crippen LogP contribution in [0.15, 0.2) is 60.8 Å². The van der Waals surface area contributed by atoms with Crippen LogP contribution in [0.2, 0.25) is 0 Å². The van der Waals surface area contributed by atoms with Crippen LogP contribution >= 0.6 is 0 Å². The molecule has 3 aromatic carbocycles. The van der Waals surface area contributed by atoms with E-state index in [4.69, 9.17) is 5.73 Å². The molecule has 0 bridgehead atoms. The first kappa shape index (κ1) is 22.5. The third kappa shape index (κ3) is 4.21. The van der Waals surface area contributed by atoms with Gasteiger partial charge in [-0.25, -0.2) is 9.97 Å². The Labute approximate surface area is 204 Å². The van der Waals surface area contributed by atoms with Crippen molar-refractivity contribution in [2.45, 2.75) is 33.1 Å². The van der Waals surface area contributed by atoms with Crippen LogP contribution in [0.3, 0.4) is 0 Å². The zero-order valence-corrected chi connectivity index (χ0v) is 20.2. The fourth-order valence-electron chi connectivity index (χ4n) is 4.36. The monoisotopic (exact) mass is 465 g/mol. The number of carbonyl (C=O) groups excluding carboxylic acids is 2. The van der Waals surface area contributed by atoms with Crippen molar-refractivity contribution >= 4 is 40.0 Å². The molecule has 0 radical (unpaired) electrons. The third-order valence-electron chi connectivity index (χ3n) is 6.37. The number of rotatable bonds is 2. The average molecular weight is 466 g/mol. The molecule has 0 aliphatic carbocycles. The lowest BCUT2D eigenvalue weighted by molar-refractivity contribution is -0.115. The third-order valence-corrected chi connectivity index (χ3v) is 6.37. The number of hydrogen-bond donors (Lipinski definition) is 2. The maximum atomic E-state index is 13.7. The second-order valence-corrected chi connectivity index (χ2v) is 9.95. The van der Waals surface area contributed by atoms with Gasteiger partial charge >= 0.3 is 0 Å². The van der Waals surface area contributed by atoms with E-state index in [9.17, 15) is 9.59 Å². The van der Waals surface area contributed by atoms with Gasteiger partial charge in [-0.05, 0) is 71.0 Å². The fraction of sp³-hybridized carbons (Fsp3) is 0.214. The zero-order valence-electron chi connectivity index (χ0n) is 20.2. The van der Waals surface area contributed by atoms with E-state index in [-0.39, 0.29) is 29.7 Å². The molecule has 0 fully saturated rings. The molecule has 2 amide bonds. The van der Waals surface area contributed by atoms with Crippen LogP contribution in [0.25, 0.3) is 22.0 Å². The number of carbonyl (C=O) groups is 2. The van der Waals surface area contributed by atoms with Gasteiger partial charge in [-0.1, -0.05) is 39.0 Å². The Morgan fingerprint density at radius 2 is 1.86 bits per heavy atom.